The fraction of sp³-hybridized carbons (Fsp3) is 0.542. The van der Waals surface area contributed by atoms with Crippen LogP contribution in [0.4, 0.5) is 5.82 Å². The van der Waals surface area contributed by atoms with Crippen molar-refractivity contribution in [1.29, 1.82) is 0 Å². The topological polar surface area (TPSA) is 100 Å². The van der Waals surface area contributed by atoms with Crippen molar-refractivity contribution < 1.29 is 24.2 Å². The van der Waals surface area contributed by atoms with Gasteiger partial charge in [-0.3, -0.25) is 19.1 Å². The highest BCUT2D eigenvalue weighted by atomic mass is 16.5. The van der Waals surface area contributed by atoms with E-state index in [4.69, 9.17) is 9.47 Å². The van der Waals surface area contributed by atoms with Crippen LogP contribution in [0.2, 0.25) is 0 Å². The van der Waals surface area contributed by atoms with Gasteiger partial charge < -0.3 is 24.4 Å². The van der Waals surface area contributed by atoms with Crippen molar-refractivity contribution in [2.75, 3.05) is 39.2 Å². The van der Waals surface area contributed by atoms with Crippen LogP contribution < -0.4 is 14.4 Å². The number of anilines is 1. The van der Waals surface area contributed by atoms with Crippen LogP contribution >= 0.6 is 0 Å². The molecule has 1 saturated carbocycles. The van der Waals surface area contributed by atoms with Crippen LogP contribution in [0.25, 0.3) is 0 Å². The first-order valence-corrected chi connectivity index (χ1v) is 11.7. The maximum atomic E-state index is 13.2. The predicted molar refractivity (Wildman–Crippen MR) is 124 cm³/mol. The number of aromatic nitrogens is 2. The van der Waals surface area contributed by atoms with Crippen LogP contribution in [0.5, 0.6) is 11.8 Å². The number of hydrogen-bond donors (Lipinski definition) is 1. The molecule has 182 valence electrons. The summed E-state index contributed by atoms with van der Waals surface area (Å²) in [4.78, 5) is 35.0. The van der Waals surface area contributed by atoms with Crippen molar-refractivity contribution in [3.63, 3.8) is 0 Å². The Morgan fingerprint density at radius 1 is 1.15 bits per heavy atom. The standard InChI is InChI=1S/C24H31N5O5/c1-26-20-19(22(31)27(2)24(26)32)29(14-15-5-4-6-18(13-15)33-3)23(25-20)34-17-9-11-28(12-10-17)21(30)16-7-8-16/h4-6,13,16-17,24,32H,7-12,14H2,1-3H3. The second kappa shape index (κ2) is 8.83. The zero-order valence-corrected chi connectivity index (χ0v) is 19.8. The quantitative estimate of drug-likeness (QED) is 0.685. The number of carbonyl (C=O) groups excluding carboxylic acids is 2. The van der Waals surface area contributed by atoms with Gasteiger partial charge in [-0.1, -0.05) is 12.1 Å². The number of rotatable bonds is 6. The number of benzene rings is 1. The predicted octanol–water partition coefficient (Wildman–Crippen LogP) is 1.52. The number of aliphatic hydroxyl groups is 1. The number of aliphatic hydroxyl groups excluding tert-OH is 1. The van der Waals surface area contributed by atoms with Gasteiger partial charge in [0, 0.05) is 45.9 Å². The van der Waals surface area contributed by atoms with Gasteiger partial charge in [-0.15, -0.1) is 0 Å². The van der Waals surface area contributed by atoms with E-state index in [1.807, 2.05) is 29.2 Å². The Hall–Kier alpha value is -3.27. The highest BCUT2D eigenvalue weighted by molar-refractivity contribution is 5.99. The average Bonchev–Trinajstić information content (AvgIpc) is 3.65. The molecule has 1 saturated heterocycles. The molecule has 10 heteroatoms. The molecule has 0 radical (unpaired) electrons. The average molecular weight is 470 g/mol. The van der Waals surface area contributed by atoms with E-state index in [2.05, 4.69) is 4.98 Å². The van der Waals surface area contributed by atoms with Crippen LogP contribution in [0.1, 0.15) is 41.7 Å². The lowest BCUT2D eigenvalue weighted by Crippen LogP contribution is -2.52. The highest BCUT2D eigenvalue weighted by Gasteiger charge is 2.39. The van der Waals surface area contributed by atoms with Crippen molar-refractivity contribution >= 4 is 17.6 Å². The lowest BCUT2D eigenvalue weighted by Gasteiger charge is -2.36. The minimum Gasteiger partial charge on any atom is -0.497 e. The fourth-order valence-electron chi connectivity index (χ4n) is 4.64. The first-order chi connectivity index (χ1) is 16.4. The van der Waals surface area contributed by atoms with Gasteiger partial charge in [0.2, 0.25) is 12.3 Å². The Labute approximate surface area is 198 Å². The molecule has 1 aromatic carbocycles. The SMILES string of the molecule is COc1cccc(Cn2c(OC3CCN(C(=O)C4CC4)CC3)nc3c2C(=O)N(C)C(O)N3C)c1. The van der Waals surface area contributed by atoms with E-state index in [1.54, 1.807) is 30.7 Å². The monoisotopic (exact) mass is 469 g/mol. The first-order valence-electron chi connectivity index (χ1n) is 11.7. The molecule has 1 atom stereocenters. The summed E-state index contributed by atoms with van der Waals surface area (Å²) >= 11 is 0. The molecule has 0 spiro atoms. The van der Waals surface area contributed by atoms with Gasteiger partial charge in [0.1, 0.15) is 11.9 Å². The largest absolute Gasteiger partial charge is 0.497 e. The normalized spacial score (nSPS) is 21.0. The number of piperidine rings is 1. The molecule has 0 bridgehead atoms. The smallest absolute Gasteiger partial charge is 0.299 e. The van der Waals surface area contributed by atoms with E-state index in [0.29, 0.717) is 50.0 Å². The summed E-state index contributed by atoms with van der Waals surface area (Å²) < 4.78 is 13.5. The summed E-state index contributed by atoms with van der Waals surface area (Å²) in [5, 5.41) is 10.5. The minimum atomic E-state index is -1.11. The molecule has 1 aromatic heterocycles. The van der Waals surface area contributed by atoms with Crippen molar-refractivity contribution in [3.05, 3.63) is 35.5 Å². The Morgan fingerprint density at radius 3 is 2.56 bits per heavy atom. The molecular formula is C24H31N5O5. The summed E-state index contributed by atoms with van der Waals surface area (Å²) in [6, 6.07) is 7.96. The molecule has 34 heavy (non-hydrogen) atoms. The number of nitrogens with zero attached hydrogens (tertiary/aromatic N) is 5. The molecule has 1 aliphatic carbocycles. The summed E-state index contributed by atoms with van der Waals surface area (Å²) in [6.07, 6.45) is 2.21. The van der Waals surface area contributed by atoms with Crippen molar-refractivity contribution in [1.82, 2.24) is 19.4 Å². The van der Waals surface area contributed by atoms with Crippen LogP contribution in [0, 0.1) is 5.92 Å². The summed E-state index contributed by atoms with van der Waals surface area (Å²) in [6.45, 7) is 1.69. The van der Waals surface area contributed by atoms with E-state index in [1.165, 1.54) is 4.90 Å². The van der Waals surface area contributed by atoms with E-state index in [-0.39, 0.29) is 23.8 Å². The van der Waals surface area contributed by atoms with Crippen LogP contribution in [-0.2, 0) is 11.3 Å². The first kappa shape index (κ1) is 22.5. The van der Waals surface area contributed by atoms with Gasteiger partial charge in [-0.25, -0.2) is 0 Å². The van der Waals surface area contributed by atoms with Gasteiger partial charge in [-0.2, -0.15) is 4.98 Å². The van der Waals surface area contributed by atoms with Crippen molar-refractivity contribution in [2.24, 2.45) is 5.92 Å². The lowest BCUT2D eigenvalue weighted by molar-refractivity contribution is -0.134. The zero-order chi connectivity index (χ0) is 24.0. The molecule has 5 rings (SSSR count). The molecule has 2 aliphatic heterocycles. The molecule has 1 N–H and O–H groups in total. The van der Waals surface area contributed by atoms with E-state index >= 15 is 0 Å². The Bertz CT molecular complexity index is 1090. The highest BCUT2D eigenvalue weighted by Crippen LogP contribution is 2.35. The zero-order valence-electron chi connectivity index (χ0n) is 19.8. The van der Waals surface area contributed by atoms with E-state index < -0.39 is 6.35 Å². The third-order valence-corrected chi connectivity index (χ3v) is 6.89. The van der Waals surface area contributed by atoms with Gasteiger partial charge >= 0.3 is 0 Å². The van der Waals surface area contributed by atoms with Crippen LogP contribution in [0.15, 0.2) is 24.3 Å². The van der Waals surface area contributed by atoms with Gasteiger partial charge in [0.25, 0.3) is 11.9 Å². The molecule has 2 amide bonds. The summed E-state index contributed by atoms with van der Waals surface area (Å²) in [5.41, 5.74) is 1.30. The third-order valence-electron chi connectivity index (χ3n) is 6.89. The second-order valence-electron chi connectivity index (χ2n) is 9.29. The molecule has 1 unspecified atom stereocenters. The van der Waals surface area contributed by atoms with Crippen molar-refractivity contribution in [2.45, 2.75) is 44.7 Å². The number of imidazole rings is 1. The lowest BCUT2D eigenvalue weighted by atomic mass is 10.1. The summed E-state index contributed by atoms with van der Waals surface area (Å²) in [5.74, 6) is 1.26. The number of fused-ring (bicyclic) bond motifs is 1. The number of hydrogen-bond acceptors (Lipinski definition) is 7. The Kier molecular flexibility index (Phi) is 5.85. The molecule has 2 fully saturated rings. The minimum absolute atomic E-state index is 0.112. The summed E-state index contributed by atoms with van der Waals surface area (Å²) in [7, 11) is 4.87. The molecule has 3 heterocycles. The van der Waals surface area contributed by atoms with Gasteiger partial charge in [0.05, 0.1) is 13.7 Å². The fourth-order valence-corrected chi connectivity index (χ4v) is 4.64. The number of ether oxygens (including phenoxy) is 2. The number of amides is 2. The maximum absolute atomic E-state index is 13.2. The Balaban J connectivity index is 1.42. The van der Waals surface area contributed by atoms with Crippen LogP contribution in [0.3, 0.4) is 0 Å². The molecule has 2 aromatic rings. The number of methoxy groups -OCH3 is 1. The van der Waals surface area contributed by atoms with Crippen molar-refractivity contribution in [3.8, 4) is 11.8 Å². The molecular weight excluding hydrogens is 438 g/mol. The Morgan fingerprint density at radius 2 is 1.88 bits per heavy atom. The van der Waals surface area contributed by atoms with E-state index in [0.717, 1.165) is 24.2 Å². The molecule has 10 nitrogen and oxygen atoms in total. The molecule has 3 aliphatic rings. The number of carbonyl (C=O) groups is 2. The van der Waals surface area contributed by atoms with Crippen LogP contribution in [-0.4, -0.2) is 83.0 Å². The maximum Gasteiger partial charge on any atom is 0.299 e. The second-order valence-corrected chi connectivity index (χ2v) is 9.29. The van der Waals surface area contributed by atoms with Gasteiger partial charge in [-0.05, 0) is 30.5 Å². The number of likely N-dealkylation sites (tertiary alicyclic amines) is 1. The van der Waals surface area contributed by atoms with E-state index in [9.17, 15) is 14.7 Å². The van der Waals surface area contributed by atoms with Gasteiger partial charge in [0.15, 0.2) is 11.5 Å². The third kappa shape index (κ3) is 4.06.